The molecule has 3 aromatic carbocycles. The van der Waals surface area contributed by atoms with E-state index in [-0.39, 0.29) is 6.04 Å². The molecule has 5 heteroatoms. The highest BCUT2D eigenvalue weighted by Gasteiger charge is 2.34. The molecule has 0 radical (unpaired) electrons. The molecule has 2 fully saturated rings. The largest absolute Gasteiger partial charge is 0.300 e. The predicted octanol–water partition coefficient (Wildman–Crippen LogP) is 5.82. The third kappa shape index (κ3) is 5.12. The zero-order valence-corrected chi connectivity index (χ0v) is 20.5. The lowest BCUT2D eigenvalue weighted by Gasteiger charge is -2.43. The molecule has 2 atom stereocenters. The van der Waals surface area contributed by atoms with E-state index in [2.05, 4.69) is 40.0 Å². The number of piperidine rings is 1. The summed E-state index contributed by atoms with van der Waals surface area (Å²) >= 11 is 0. The lowest BCUT2D eigenvalue weighted by Crippen LogP contribution is -2.50. The van der Waals surface area contributed by atoms with Crippen LogP contribution in [0.2, 0.25) is 0 Å². The van der Waals surface area contributed by atoms with Gasteiger partial charge in [-0.1, -0.05) is 91.7 Å². The van der Waals surface area contributed by atoms with E-state index in [1.807, 2.05) is 42.5 Å². The zero-order valence-electron chi connectivity index (χ0n) is 19.6. The standard InChI is InChI=1S/C29H34N2O2S/c32-34(33,29-18-10-8-16-27(29)24-13-5-2-6-14-24)30-25-19-21-31(22-20-25)28-17-9-7-15-26(28)23-11-3-1-4-12-23/h1-6,8,10-14,16,18,25-26,28,30H,7,9,15,17,19-22H2. The molecule has 178 valence electrons. The van der Waals surface area contributed by atoms with Crippen molar-refractivity contribution >= 4 is 10.0 Å². The Kier molecular flexibility index (Phi) is 7.14. The SMILES string of the molecule is O=S(=O)(NC1CCN(C2CCCCC2c2ccccc2)CC1)c1ccccc1-c1ccccc1. The van der Waals surface area contributed by atoms with Crippen molar-refractivity contribution in [1.29, 1.82) is 0 Å². The molecule has 5 rings (SSSR count). The second-order valence-electron chi connectivity index (χ2n) is 9.66. The highest BCUT2D eigenvalue weighted by Crippen LogP contribution is 2.37. The monoisotopic (exact) mass is 474 g/mol. The predicted molar refractivity (Wildman–Crippen MR) is 138 cm³/mol. The lowest BCUT2D eigenvalue weighted by molar-refractivity contribution is 0.104. The third-order valence-corrected chi connectivity index (χ3v) is 9.12. The Morgan fingerprint density at radius 3 is 2.06 bits per heavy atom. The molecule has 4 nitrogen and oxygen atoms in total. The van der Waals surface area contributed by atoms with Gasteiger partial charge in [0.2, 0.25) is 10.0 Å². The van der Waals surface area contributed by atoms with E-state index in [4.69, 9.17) is 0 Å². The maximum absolute atomic E-state index is 13.4. The summed E-state index contributed by atoms with van der Waals surface area (Å²) in [5.41, 5.74) is 3.12. The second-order valence-corrected chi connectivity index (χ2v) is 11.3. The van der Waals surface area contributed by atoms with Crippen LogP contribution in [-0.2, 0) is 10.0 Å². The molecule has 2 aliphatic rings. The van der Waals surface area contributed by atoms with Gasteiger partial charge in [0.25, 0.3) is 0 Å². The average Bonchev–Trinajstić information content (AvgIpc) is 2.90. The van der Waals surface area contributed by atoms with Crippen LogP contribution in [0.1, 0.15) is 50.0 Å². The summed E-state index contributed by atoms with van der Waals surface area (Å²) in [4.78, 5) is 2.99. The molecule has 2 unspecified atom stereocenters. The number of hydrogen-bond acceptors (Lipinski definition) is 3. The second kappa shape index (κ2) is 10.4. The molecule has 1 aliphatic carbocycles. The molecular formula is C29H34N2O2S. The van der Waals surface area contributed by atoms with Crippen LogP contribution < -0.4 is 4.72 Å². The van der Waals surface area contributed by atoms with Crippen LogP contribution >= 0.6 is 0 Å². The van der Waals surface area contributed by atoms with Crippen molar-refractivity contribution in [2.24, 2.45) is 0 Å². The summed E-state index contributed by atoms with van der Waals surface area (Å²) in [5.74, 6) is 0.584. The van der Waals surface area contributed by atoms with Crippen LogP contribution in [-0.4, -0.2) is 38.5 Å². The van der Waals surface area contributed by atoms with Crippen LogP contribution in [0.15, 0.2) is 89.8 Å². The first-order chi connectivity index (χ1) is 16.6. The van der Waals surface area contributed by atoms with Gasteiger partial charge in [-0.05, 0) is 61.9 Å². The Balaban J connectivity index is 1.26. The minimum Gasteiger partial charge on any atom is -0.300 e. The van der Waals surface area contributed by atoms with Crippen LogP contribution in [0.5, 0.6) is 0 Å². The van der Waals surface area contributed by atoms with Crippen molar-refractivity contribution in [1.82, 2.24) is 9.62 Å². The van der Waals surface area contributed by atoms with Crippen molar-refractivity contribution in [3.05, 3.63) is 90.5 Å². The quantitative estimate of drug-likeness (QED) is 0.490. The van der Waals surface area contributed by atoms with Crippen LogP contribution in [0.3, 0.4) is 0 Å². The van der Waals surface area contributed by atoms with E-state index < -0.39 is 10.0 Å². The van der Waals surface area contributed by atoms with Gasteiger partial charge in [0, 0.05) is 17.6 Å². The summed E-state index contributed by atoms with van der Waals surface area (Å²) in [6.07, 6.45) is 6.78. The van der Waals surface area contributed by atoms with Crippen LogP contribution in [0.4, 0.5) is 0 Å². The number of likely N-dealkylation sites (tertiary alicyclic amines) is 1. The van der Waals surface area contributed by atoms with Crippen molar-refractivity contribution < 1.29 is 8.42 Å². The number of hydrogen-bond donors (Lipinski definition) is 1. The van der Waals surface area contributed by atoms with E-state index in [0.29, 0.717) is 16.9 Å². The minimum absolute atomic E-state index is 0.0242. The zero-order chi connectivity index (χ0) is 23.4. The van der Waals surface area contributed by atoms with Gasteiger partial charge in [-0.2, -0.15) is 0 Å². The summed E-state index contributed by atoms with van der Waals surface area (Å²) in [7, 11) is -3.60. The van der Waals surface area contributed by atoms with E-state index >= 15 is 0 Å². The highest BCUT2D eigenvalue weighted by molar-refractivity contribution is 7.89. The third-order valence-electron chi connectivity index (χ3n) is 7.54. The van der Waals surface area contributed by atoms with Gasteiger partial charge in [0.05, 0.1) is 4.90 Å². The Bertz CT molecular complexity index is 1170. The molecule has 0 aromatic heterocycles. The van der Waals surface area contributed by atoms with Crippen LogP contribution in [0, 0.1) is 0 Å². The lowest BCUT2D eigenvalue weighted by atomic mass is 9.78. The summed E-state index contributed by atoms with van der Waals surface area (Å²) < 4.78 is 29.8. The van der Waals surface area contributed by atoms with Crippen molar-refractivity contribution in [3.63, 3.8) is 0 Å². The van der Waals surface area contributed by atoms with Crippen molar-refractivity contribution in [2.75, 3.05) is 13.1 Å². The first-order valence-corrected chi connectivity index (χ1v) is 14.1. The Morgan fingerprint density at radius 2 is 1.32 bits per heavy atom. The minimum atomic E-state index is -3.60. The Hall–Kier alpha value is -2.47. The fourth-order valence-corrected chi connectivity index (χ4v) is 7.36. The topological polar surface area (TPSA) is 49.4 Å². The van der Waals surface area contributed by atoms with Crippen LogP contribution in [0.25, 0.3) is 11.1 Å². The van der Waals surface area contributed by atoms with Crippen molar-refractivity contribution in [3.8, 4) is 11.1 Å². The number of rotatable bonds is 6. The van der Waals surface area contributed by atoms with Crippen molar-refractivity contribution in [2.45, 2.75) is 61.4 Å². The normalized spacial score (nSPS) is 22.5. The molecule has 0 bridgehead atoms. The number of benzene rings is 3. The molecule has 1 saturated carbocycles. The Morgan fingerprint density at radius 1 is 0.706 bits per heavy atom. The number of nitrogens with one attached hydrogen (secondary N) is 1. The fourth-order valence-electron chi connectivity index (χ4n) is 5.83. The molecule has 1 saturated heterocycles. The Labute approximate surface area is 204 Å². The smallest absolute Gasteiger partial charge is 0.241 e. The van der Waals surface area contributed by atoms with Gasteiger partial charge in [-0.15, -0.1) is 0 Å². The number of sulfonamides is 1. The molecule has 0 spiro atoms. The molecule has 1 N–H and O–H groups in total. The maximum Gasteiger partial charge on any atom is 0.241 e. The van der Waals surface area contributed by atoms with E-state index in [1.54, 1.807) is 12.1 Å². The summed E-state index contributed by atoms with van der Waals surface area (Å²) in [5, 5.41) is 0. The highest BCUT2D eigenvalue weighted by atomic mass is 32.2. The molecule has 34 heavy (non-hydrogen) atoms. The molecular weight excluding hydrogens is 440 g/mol. The first kappa shape index (κ1) is 23.3. The maximum atomic E-state index is 13.4. The van der Waals surface area contributed by atoms with E-state index in [1.165, 1.54) is 31.2 Å². The van der Waals surface area contributed by atoms with Gasteiger partial charge in [-0.25, -0.2) is 13.1 Å². The van der Waals surface area contributed by atoms with Gasteiger partial charge in [0.15, 0.2) is 0 Å². The average molecular weight is 475 g/mol. The number of nitrogens with zero attached hydrogens (tertiary/aromatic N) is 1. The summed E-state index contributed by atoms with van der Waals surface area (Å²) in [6.45, 7) is 1.89. The van der Waals surface area contributed by atoms with Gasteiger partial charge in [0.1, 0.15) is 0 Å². The van der Waals surface area contributed by atoms with E-state index in [0.717, 1.165) is 37.1 Å². The first-order valence-electron chi connectivity index (χ1n) is 12.6. The fraction of sp³-hybridized carbons (Fsp3) is 0.379. The van der Waals surface area contributed by atoms with Gasteiger partial charge < -0.3 is 0 Å². The summed E-state index contributed by atoms with van der Waals surface area (Å²) in [6, 6.07) is 28.5. The van der Waals surface area contributed by atoms with E-state index in [9.17, 15) is 8.42 Å². The van der Waals surface area contributed by atoms with Gasteiger partial charge in [-0.3, -0.25) is 4.90 Å². The molecule has 3 aromatic rings. The van der Waals surface area contributed by atoms with Gasteiger partial charge >= 0.3 is 0 Å². The molecule has 0 amide bonds. The molecule has 1 aliphatic heterocycles. The molecule has 1 heterocycles.